The minimum atomic E-state index is -0.565. The molecule has 1 atom stereocenters. The number of alkyl halides is 1. The average molecular weight is 233 g/mol. The molecule has 0 radical (unpaired) electrons. The smallest absolute Gasteiger partial charge is 0.130 e. The molecule has 0 fully saturated rings. The molecule has 84 valence electrons. The van der Waals surface area contributed by atoms with Crippen molar-refractivity contribution in [1.82, 2.24) is 0 Å². The van der Waals surface area contributed by atoms with Crippen molar-refractivity contribution in [2.45, 2.75) is 32.1 Å². The van der Waals surface area contributed by atoms with Gasteiger partial charge in [0.2, 0.25) is 0 Å². The Bertz CT molecular complexity index is 321. The van der Waals surface area contributed by atoms with Crippen molar-refractivity contribution in [2.75, 3.05) is 0 Å². The van der Waals surface area contributed by atoms with E-state index in [0.717, 1.165) is 18.9 Å². The van der Waals surface area contributed by atoms with Gasteiger partial charge >= 0.3 is 0 Å². The van der Waals surface area contributed by atoms with Crippen molar-refractivity contribution < 1.29 is 8.78 Å². The van der Waals surface area contributed by atoms with E-state index in [1.54, 1.807) is 0 Å². The van der Waals surface area contributed by atoms with Gasteiger partial charge in [-0.2, -0.15) is 0 Å². The SMILES string of the molecule is CCC(CC)C(Cl)c1ccc(F)cc1F. The van der Waals surface area contributed by atoms with Gasteiger partial charge in [0.25, 0.3) is 0 Å². The number of hydrogen-bond acceptors (Lipinski definition) is 0. The van der Waals surface area contributed by atoms with Crippen LogP contribution in [-0.4, -0.2) is 0 Å². The average Bonchev–Trinajstić information content (AvgIpc) is 2.19. The third kappa shape index (κ3) is 2.91. The maximum Gasteiger partial charge on any atom is 0.130 e. The van der Waals surface area contributed by atoms with Gasteiger partial charge in [0, 0.05) is 11.6 Å². The molecular weight excluding hydrogens is 218 g/mol. The summed E-state index contributed by atoms with van der Waals surface area (Å²) in [4.78, 5) is 0. The van der Waals surface area contributed by atoms with Gasteiger partial charge in [-0.25, -0.2) is 8.78 Å². The topological polar surface area (TPSA) is 0 Å². The molecule has 15 heavy (non-hydrogen) atoms. The first-order valence-electron chi connectivity index (χ1n) is 5.19. The van der Waals surface area contributed by atoms with Gasteiger partial charge in [0.05, 0.1) is 5.38 Å². The van der Waals surface area contributed by atoms with Crippen LogP contribution in [0.15, 0.2) is 18.2 Å². The van der Waals surface area contributed by atoms with E-state index in [0.29, 0.717) is 5.56 Å². The van der Waals surface area contributed by atoms with Crippen LogP contribution in [-0.2, 0) is 0 Å². The lowest BCUT2D eigenvalue weighted by Crippen LogP contribution is -2.07. The molecule has 0 saturated heterocycles. The fourth-order valence-corrected chi connectivity index (χ4v) is 2.21. The zero-order valence-electron chi connectivity index (χ0n) is 8.93. The summed E-state index contributed by atoms with van der Waals surface area (Å²) < 4.78 is 26.1. The Morgan fingerprint density at radius 1 is 1.20 bits per heavy atom. The van der Waals surface area contributed by atoms with Crippen molar-refractivity contribution in [3.8, 4) is 0 Å². The van der Waals surface area contributed by atoms with Crippen LogP contribution in [0.25, 0.3) is 0 Å². The molecule has 0 aliphatic carbocycles. The third-order valence-corrected chi connectivity index (χ3v) is 3.31. The fourth-order valence-electron chi connectivity index (χ4n) is 1.68. The van der Waals surface area contributed by atoms with Crippen molar-refractivity contribution in [1.29, 1.82) is 0 Å². The van der Waals surface area contributed by atoms with Crippen LogP contribution in [0.5, 0.6) is 0 Å². The number of hydrogen-bond donors (Lipinski definition) is 0. The highest BCUT2D eigenvalue weighted by Crippen LogP contribution is 2.34. The van der Waals surface area contributed by atoms with Crippen molar-refractivity contribution in [2.24, 2.45) is 5.92 Å². The molecule has 0 nitrogen and oxygen atoms in total. The predicted octanol–water partition coefficient (Wildman–Crippen LogP) is 4.68. The van der Waals surface area contributed by atoms with Crippen LogP contribution in [0, 0.1) is 17.6 Å². The molecule has 0 aliphatic heterocycles. The Balaban J connectivity index is 2.94. The second kappa shape index (κ2) is 5.45. The van der Waals surface area contributed by atoms with Crippen molar-refractivity contribution in [3.63, 3.8) is 0 Å². The zero-order valence-corrected chi connectivity index (χ0v) is 9.69. The van der Waals surface area contributed by atoms with E-state index in [-0.39, 0.29) is 11.3 Å². The minimum absolute atomic E-state index is 0.228. The molecule has 1 aromatic rings. The summed E-state index contributed by atoms with van der Waals surface area (Å²) >= 11 is 6.17. The molecule has 1 aromatic carbocycles. The van der Waals surface area contributed by atoms with Crippen LogP contribution in [0.3, 0.4) is 0 Å². The molecule has 0 N–H and O–H groups in total. The first kappa shape index (κ1) is 12.4. The Morgan fingerprint density at radius 3 is 2.27 bits per heavy atom. The fraction of sp³-hybridized carbons (Fsp3) is 0.500. The van der Waals surface area contributed by atoms with E-state index >= 15 is 0 Å². The van der Waals surface area contributed by atoms with E-state index in [1.807, 2.05) is 13.8 Å². The molecule has 1 unspecified atom stereocenters. The molecule has 3 heteroatoms. The predicted molar refractivity (Wildman–Crippen MR) is 59.0 cm³/mol. The van der Waals surface area contributed by atoms with Gasteiger partial charge < -0.3 is 0 Å². The molecule has 0 bridgehead atoms. The highest BCUT2D eigenvalue weighted by molar-refractivity contribution is 6.21. The molecule has 0 amide bonds. The van der Waals surface area contributed by atoms with Gasteiger partial charge in [-0.05, 0) is 12.0 Å². The number of rotatable bonds is 4. The maximum absolute atomic E-state index is 13.4. The first-order chi connectivity index (χ1) is 7.10. The summed E-state index contributed by atoms with van der Waals surface area (Å²) in [6.07, 6.45) is 1.78. The van der Waals surface area contributed by atoms with Gasteiger partial charge in [-0.3, -0.25) is 0 Å². The molecule has 0 saturated carbocycles. The Kier molecular flexibility index (Phi) is 4.52. The second-order valence-corrected chi connectivity index (χ2v) is 4.11. The highest BCUT2D eigenvalue weighted by atomic mass is 35.5. The number of halogens is 3. The largest absolute Gasteiger partial charge is 0.207 e. The van der Waals surface area contributed by atoms with Gasteiger partial charge in [0.1, 0.15) is 11.6 Å². The lowest BCUT2D eigenvalue weighted by molar-refractivity contribution is 0.460. The highest BCUT2D eigenvalue weighted by Gasteiger charge is 2.20. The van der Waals surface area contributed by atoms with Crippen LogP contribution in [0.1, 0.15) is 37.6 Å². The maximum atomic E-state index is 13.4. The molecule has 1 rings (SSSR count). The van der Waals surface area contributed by atoms with Gasteiger partial charge in [-0.1, -0.05) is 32.8 Å². The van der Waals surface area contributed by atoms with E-state index in [4.69, 9.17) is 11.6 Å². The first-order valence-corrected chi connectivity index (χ1v) is 5.62. The monoisotopic (exact) mass is 232 g/mol. The summed E-state index contributed by atoms with van der Waals surface area (Å²) in [5.41, 5.74) is 0.395. The standard InChI is InChI=1S/C12H15ClF2/c1-3-8(4-2)12(13)10-6-5-9(14)7-11(10)15/h5-8,12H,3-4H2,1-2H3. The summed E-state index contributed by atoms with van der Waals surface area (Å²) in [7, 11) is 0. The van der Waals surface area contributed by atoms with Crippen LogP contribution in [0.2, 0.25) is 0 Å². The van der Waals surface area contributed by atoms with Gasteiger partial charge in [-0.15, -0.1) is 11.6 Å². The Hall–Kier alpha value is -0.630. The third-order valence-electron chi connectivity index (χ3n) is 2.72. The molecular formula is C12H15ClF2. The lowest BCUT2D eigenvalue weighted by atomic mass is 9.94. The molecule has 0 aliphatic rings. The lowest BCUT2D eigenvalue weighted by Gasteiger charge is -2.19. The van der Waals surface area contributed by atoms with Crippen molar-refractivity contribution in [3.05, 3.63) is 35.4 Å². The Morgan fingerprint density at radius 2 is 1.80 bits per heavy atom. The van der Waals surface area contributed by atoms with E-state index in [2.05, 4.69) is 0 Å². The molecule has 0 spiro atoms. The van der Waals surface area contributed by atoms with Gasteiger partial charge in [0.15, 0.2) is 0 Å². The summed E-state index contributed by atoms with van der Waals surface area (Å²) in [6, 6.07) is 3.56. The molecule has 0 aromatic heterocycles. The summed E-state index contributed by atoms with van der Waals surface area (Å²) in [5, 5.41) is -0.374. The van der Waals surface area contributed by atoms with Crippen LogP contribution in [0.4, 0.5) is 8.78 Å². The summed E-state index contributed by atoms with van der Waals surface area (Å²) in [6.45, 7) is 4.04. The summed E-state index contributed by atoms with van der Waals surface area (Å²) in [5.74, 6) is -0.891. The van der Waals surface area contributed by atoms with E-state index in [9.17, 15) is 8.78 Å². The van der Waals surface area contributed by atoms with Crippen LogP contribution >= 0.6 is 11.6 Å². The normalized spacial score (nSPS) is 13.2. The second-order valence-electron chi connectivity index (χ2n) is 3.64. The zero-order chi connectivity index (χ0) is 11.4. The molecule has 0 heterocycles. The Labute approximate surface area is 94.3 Å². The number of benzene rings is 1. The van der Waals surface area contributed by atoms with Crippen LogP contribution < -0.4 is 0 Å². The van der Waals surface area contributed by atoms with E-state index in [1.165, 1.54) is 12.1 Å². The minimum Gasteiger partial charge on any atom is -0.207 e. The quantitative estimate of drug-likeness (QED) is 0.661. The van der Waals surface area contributed by atoms with E-state index < -0.39 is 11.6 Å². The van der Waals surface area contributed by atoms with Crippen molar-refractivity contribution >= 4 is 11.6 Å².